The minimum Gasteiger partial charge on any atom is -0.472 e. The number of fused-ring (bicyclic) bond motifs is 3. The number of nitrogens with one attached hydrogen (secondary N) is 1. The third-order valence-electron chi connectivity index (χ3n) is 6.22. The van der Waals surface area contributed by atoms with Gasteiger partial charge in [0.05, 0.1) is 11.6 Å². The van der Waals surface area contributed by atoms with Crippen LogP contribution in [0.5, 0.6) is 0 Å². The predicted molar refractivity (Wildman–Crippen MR) is 126 cm³/mol. The van der Waals surface area contributed by atoms with E-state index in [0.717, 1.165) is 35.0 Å². The second-order valence-electron chi connectivity index (χ2n) is 8.14. The van der Waals surface area contributed by atoms with Crippen molar-refractivity contribution in [2.45, 2.75) is 18.4 Å². The quantitative estimate of drug-likeness (QED) is 0.380. The molecule has 150 valence electrons. The molecule has 3 nitrogen and oxygen atoms in total. The summed E-state index contributed by atoms with van der Waals surface area (Å²) in [6, 6.07) is 31.4. The molecule has 0 aliphatic carbocycles. The number of para-hydroxylation sites is 1. The van der Waals surface area contributed by atoms with Crippen molar-refractivity contribution in [1.29, 1.82) is 0 Å². The van der Waals surface area contributed by atoms with Crippen LogP contribution >= 0.6 is 0 Å². The fourth-order valence-electron chi connectivity index (χ4n) is 4.68. The summed E-state index contributed by atoms with van der Waals surface area (Å²) < 4.78 is 6.33. The Hall–Kier alpha value is -3.85. The number of aromatic nitrogens is 1. The first-order valence-electron chi connectivity index (χ1n) is 10.6. The van der Waals surface area contributed by atoms with Gasteiger partial charge in [-0.05, 0) is 40.0 Å². The summed E-state index contributed by atoms with van der Waals surface area (Å²) in [7, 11) is 0. The van der Waals surface area contributed by atoms with Crippen molar-refractivity contribution in [3.8, 4) is 22.5 Å². The van der Waals surface area contributed by atoms with E-state index in [1.807, 2.05) is 24.3 Å². The van der Waals surface area contributed by atoms with E-state index in [9.17, 15) is 0 Å². The lowest BCUT2D eigenvalue weighted by Gasteiger charge is -2.14. The van der Waals surface area contributed by atoms with Gasteiger partial charge in [-0.2, -0.15) is 0 Å². The Labute approximate surface area is 181 Å². The summed E-state index contributed by atoms with van der Waals surface area (Å²) in [5.41, 5.74) is 9.11. The number of benzene rings is 3. The maximum atomic E-state index is 6.33. The van der Waals surface area contributed by atoms with Crippen LogP contribution in [-0.4, -0.2) is 17.0 Å². The van der Waals surface area contributed by atoms with Crippen LogP contribution in [0.3, 0.4) is 0 Å². The zero-order valence-electron chi connectivity index (χ0n) is 17.1. The Morgan fingerprint density at radius 2 is 1.52 bits per heavy atom. The molecule has 0 spiro atoms. The average Bonchev–Trinajstić information content (AvgIpc) is 3.48. The van der Waals surface area contributed by atoms with Gasteiger partial charge in [0.25, 0.3) is 0 Å². The van der Waals surface area contributed by atoms with Crippen molar-refractivity contribution in [2.75, 3.05) is 0 Å². The van der Waals surface area contributed by atoms with Gasteiger partial charge in [-0.1, -0.05) is 85.4 Å². The van der Waals surface area contributed by atoms with Crippen molar-refractivity contribution in [3.05, 3.63) is 114 Å². The highest BCUT2D eigenvalue weighted by atomic mass is 16.5. The summed E-state index contributed by atoms with van der Waals surface area (Å²) >= 11 is 0. The molecule has 6 rings (SSSR count). The van der Waals surface area contributed by atoms with Gasteiger partial charge in [0, 0.05) is 17.8 Å². The zero-order chi connectivity index (χ0) is 20.8. The van der Waals surface area contributed by atoms with E-state index in [1.165, 1.54) is 22.3 Å². The molecule has 3 heteroatoms. The Bertz CT molecular complexity index is 1300. The van der Waals surface area contributed by atoms with Crippen molar-refractivity contribution in [3.63, 3.8) is 0 Å². The molecule has 31 heavy (non-hydrogen) atoms. The standard InChI is InChI=1S/C28H22N2O/c1-18-25(31-28-26(18)22-14-8-9-15-23(22)30-28)17-21-16-24(19-10-4-2-5-11-19)29-27(21)20-12-6-3-7-13-20/h2-16,25-26,29H,1,17H2. The van der Waals surface area contributed by atoms with Crippen LogP contribution < -0.4 is 0 Å². The van der Waals surface area contributed by atoms with Gasteiger partial charge in [-0.25, -0.2) is 4.99 Å². The molecule has 0 radical (unpaired) electrons. The summed E-state index contributed by atoms with van der Waals surface area (Å²) in [4.78, 5) is 8.37. The van der Waals surface area contributed by atoms with E-state index in [-0.39, 0.29) is 12.0 Å². The van der Waals surface area contributed by atoms with E-state index in [0.29, 0.717) is 0 Å². The highest BCUT2D eigenvalue weighted by Gasteiger charge is 2.42. The molecule has 0 amide bonds. The first-order chi connectivity index (χ1) is 15.3. The van der Waals surface area contributed by atoms with Gasteiger partial charge >= 0.3 is 0 Å². The number of rotatable bonds is 4. The highest BCUT2D eigenvalue weighted by molar-refractivity contribution is 5.97. The van der Waals surface area contributed by atoms with Crippen molar-refractivity contribution < 1.29 is 4.74 Å². The largest absolute Gasteiger partial charge is 0.472 e. The van der Waals surface area contributed by atoms with E-state index in [1.54, 1.807) is 0 Å². The maximum Gasteiger partial charge on any atom is 0.201 e. The number of ether oxygens (including phenoxy) is 1. The number of aromatic amines is 1. The fourth-order valence-corrected chi connectivity index (χ4v) is 4.68. The summed E-state index contributed by atoms with van der Waals surface area (Å²) in [6.45, 7) is 4.42. The molecule has 1 fully saturated rings. The normalized spacial score (nSPS) is 19.0. The van der Waals surface area contributed by atoms with Crippen LogP contribution in [0.1, 0.15) is 17.0 Å². The maximum absolute atomic E-state index is 6.33. The predicted octanol–water partition coefficient (Wildman–Crippen LogP) is 6.67. The lowest BCUT2D eigenvalue weighted by molar-refractivity contribution is 0.250. The second kappa shape index (κ2) is 7.13. The molecule has 3 aromatic carbocycles. The van der Waals surface area contributed by atoms with E-state index < -0.39 is 0 Å². The van der Waals surface area contributed by atoms with Gasteiger partial charge in [0.1, 0.15) is 6.10 Å². The number of hydrogen-bond donors (Lipinski definition) is 1. The van der Waals surface area contributed by atoms with Crippen molar-refractivity contribution in [1.82, 2.24) is 4.98 Å². The molecule has 0 saturated carbocycles. The molecule has 1 aromatic heterocycles. The molecule has 2 aliphatic heterocycles. The number of H-pyrrole nitrogens is 1. The molecular weight excluding hydrogens is 380 g/mol. The summed E-state index contributed by atoms with van der Waals surface area (Å²) in [5, 5.41) is 0. The number of hydrogen-bond acceptors (Lipinski definition) is 2. The number of aliphatic imine (C=N–C) groups is 1. The summed E-state index contributed by atoms with van der Waals surface area (Å²) in [6.07, 6.45) is 0.670. The molecule has 3 heterocycles. The van der Waals surface area contributed by atoms with Crippen molar-refractivity contribution >= 4 is 11.6 Å². The minimum atomic E-state index is -0.0843. The first kappa shape index (κ1) is 18.0. The van der Waals surface area contributed by atoms with Gasteiger partial charge in [0.15, 0.2) is 0 Å². The van der Waals surface area contributed by atoms with Crippen LogP contribution in [0.15, 0.2) is 108 Å². The first-order valence-corrected chi connectivity index (χ1v) is 10.6. The minimum absolute atomic E-state index is 0.0777. The Morgan fingerprint density at radius 1 is 0.839 bits per heavy atom. The third-order valence-corrected chi connectivity index (χ3v) is 6.22. The third kappa shape index (κ3) is 3.01. The van der Waals surface area contributed by atoms with Crippen LogP contribution in [0.4, 0.5) is 5.69 Å². The van der Waals surface area contributed by atoms with E-state index >= 15 is 0 Å². The number of nitrogens with zero attached hydrogens (tertiary/aromatic N) is 1. The molecule has 2 aliphatic rings. The molecule has 1 saturated heterocycles. The Kier molecular flexibility index (Phi) is 4.13. The molecule has 2 atom stereocenters. The monoisotopic (exact) mass is 402 g/mol. The van der Waals surface area contributed by atoms with Gasteiger partial charge in [-0.3, -0.25) is 0 Å². The molecule has 0 bridgehead atoms. The van der Waals surface area contributed by atoms with Crippen LogP contribution in [-0.2, 0) is 11.2 Å². The molecule has 4 aromatic rings. The fraction of sp³-hybridized carbons (Fsp3) is 0.107. The SMILES string of the molecule is C=C1C(Cc2cc(-c3ccccc3)[nH]c2-c2ccccc2)OC2=Nc3ccccc3C12. The van der Waals surface area contributed by atoms with Gasteiger partial charge < -0.3 is 9.72 Å². The highest BCUT2D eigenvalue weighted by Crippen LogP contribution is 2.46. The smallest absolute Gasteiger partial charge is 0.201 e. The average molecular weight is 402 g/mol. The van der Waals surface area contributed by atoms with Gasteiger partial charge in [-0.15, -0.1) is 0 Å². The topological polar surface area (TPSA) is 37.4 Å². The molecule has 2 unspecified atom stereocenters. The second-order valence-corrected chi connectivity index (χ2v) is 8.14. The summed E-state index contributed by atoms with van der Waals surface area (Å²) in [5.74, 6) is 0.866. The lowest BCUT2D eigenvalue weighted by Crippen LogP contribution is -2.12. The zero-order valence-corrected chi connectivity index (χ0v) is 17.1. The van der Waals surface area contributed by atoms with Crippen molar-refractivity contribution in [2.24, 2.45) is 4.99 Å². The van der Waals surface area contributed by atoms with E-state index in [4.69, 9.17) is 9.73 Å². The van der Waals surface area contributed by atoms with Crippen LogP contribution in [0, 0.1) is 0 Å². The van der Waals surface area contributed by atoms with Crippen LogP contribution in [0.25, 0.3) is 22.5 Å². The van der Waals surface area contributed by atoms with Gasteiger partial charge in [0.2, 0.25) is 5.90 Å². The van der Waals surface area contributed by atoms with Crippen LogP contribution in [0.2, 0.25) is 0 Å². The Balaban J connectivity index is 1.36. The van der Waals surface area contributed by atoms with E-state index in [2.05, 4.69) is 78.3 Å². The molecular formula is C28H22N2O. The molecule has 1 N–H and O–H groups in total. The lowest BCUT2D eigenvalue weighted by atomic mass is 9.89. The Morgan fingerprint density at radius 3 is 2.29 bits per heavy atom.